The van der Waals surface area contributed by atoms with Crippen molar-refractivity contribution in [3.05, 3.63) is 39.4 Å². The van der Waals surface area contributed by atoms with Gasteiger partial charge in [-0.1, -0.05) is 0 Å². The zero-order valence-electron chi connectivity index (χ0n) is 13.6. The number of aryl methyl sites for hydroxylation is 1. The van der Waals surface area contributed by atoms with Gasteiger partial charge in [-0.3, -0.25) is 0 Å². The molecule has 1 aliphatic carbocycles. The fraction of sp³-hybridized carbons (Fsp3) is 0.421. The van der Waals surface area contributed by atoms with Crippen LogP contribution < -0.4 is 0 Å². The van der Waals surface area contributed by atoms with E-state index in [4.69, 9.17) is 21.3 Å². The molecule has 0 radical (unpaired) electrons. The molecule has 2 saturated heterocycles. The summed E-state index contributed by atoms with van der Waals surface area (Å²) in [6.07, 6.45) is 1.70. The van der Waals surface area contributed by atoms with Crippen LogP contribution in [0.3, 0.4) is 0 Å². The SMILES string of the molecule is Cc1[se]c(-c2ccc(Cl)cc2)nc1C1C(=O)[C@@H]2C3CCC(O3)[C@@H]2C1=O. The first-order valence-electron chi connectivity index (χ1n) is 8.51. The van der Waals surface area contributed by atoms with Crippen LogP contribution in [0.5, 0.6) is 0 Å². The molecule has 3 fully saturated rings. The predicted molar refractivity (Wildman–Crippen MR) is 94.0 cm³/mol. The van der Waals surface area contributed by atoms with Crippen molar-refractivity contribution in [2.75, 3.05) is 0 Å². The van der Waals surface area contributed by atoms with E-state index in [1.807, 2.05) is 31.2 Å². The van der Waals surface area contributed by atoms with Gasteiger partial charge in [0.15, 0.2) is 0 Å². The molecule has 1 aromatic carbocycles. The number of Topliss-reactive ketones (excluding diaryl/α,β-unsaturated/α-hetero) is 2. The zero-order chi connectivity index (χ0) is 17.3. The average Bonchev–Trinajstić information content (AvgIpc) is 3.33. The molecule has 2 bridgehead atoms. The molecule has 2 aromatic rings. The van der Waals surface area contributed by atoms with Crippen LogP contribution in [-0.2, 0) is 14.3 Å². The van der Waals surface area contributed by atoms with E-state index in [1.165, 1.54) is 0 Å². The Labute approximate surface area is 156 Å². The number of carbonyl (C=O) groups is 2. The fourth-order valence-corrected chi connectivity index (χ4v) is 6.72. The number of hydrogen-bond acceptors (Lipinski definition) is 4. The summed E-state index contributed by atoms with van der Waals surface area (Å²) in [7, 11) is 0. The first-order chi connectivity index (χ1) is 12.0. The number of ketones is 2. The number of rotatable bonds is 2. The summed E-state index contributed by atoms with van der Waals surface area (Å²) in [4.78, 5) is 30.7. The molecule has 3 heterocycles. The van der Waals surface area contributed by atoms with E-state index in [9.17, 15) is 9.59 Å². The van der Waals surface area contributed by atoms with Gasteiger partial charge in [-0.2, -0.15) is 0 Å². The van der Waals surface area contributed by atoms with Crippen molar-refractivity contribution in [1.29, 1.82) is 0 Å². The van der Waals surface area contributed by atoms with Crippen LogP contribution in [0, 0.1) is 18.8 Å². The van der Waals surface area contributed by atoms with Gasteiger partial charge in [-0.25, -0.2) is 0 Å². The second-order valence-electron chi connectivity index (χ2n) is 7.05. The molecule has 5 atom stereocenters. The number of ether oxygens (including phenoxy) is 1. The molecule has 3 aliphatic rings. The molecule has 128 valence electrons. The molecule has 1 aromatic heterocycles. The molecule has 0 N–H and O–H groups in total. The maximum atomic E-state index is 13.0. The number of aromatic nitrogens is 1. The molecule has 6 heteroatoms. The Morgan fingerprint density at radius 1 is 1.08 bits per heavy atom. The number of carbonyl (C=O) groups excluding carboxylic acids is 2. The van der Waals surface area contributed by atoms with E-state index in [1.54, 1.807) is 0 Å². The third-order valence-corrected chi connectivity index (χ3v) is 8.12. The van der Waals surface area contributed by atoms with E-state index in [2.05, 4.69) is 0 Å². The summed E-state index contributed by atoms with van der Waals surface area (Å²) in [5.41, 5.74) is 1.72. The van der Waals surface area contributed by atoms with E-state index < -0.39 is 5.92 Å². The minimum atomic E-state index is -0.673. The summed E-state index contributed by atoms with van der Waals surface area (Å²) in [6.45, 7) is 2.00. The third-order valence-electron chi connectivity index (χ3n) is 5.70. The van der Waals surface area contributed by atoms with Crippen molar-refractivity contribution >= 4 is 37.7 Å². The standard InChI is InChI=1S/C19H16ClNO3Se/c1-8-16(21-19(25-8)9-2-4-10(20)5-3-9)15-17(22)13-11-6-7-12(24-11)14(13)18(15)23/h2-5,11-15H,6-7H2,1H3/t11?,12?,13-,14+,15?. The van der Waals surface area contributed by atoms with E-state index >= 15 is 0 Å². The number of fused-ring (bicyclic) bond motifs is 5. The Kier molecular flexibility index (Phi) is 3.58. The van der Waals surface area contributed by atoms with Gasteiger partial charge in [0, 0.05) is 0 Å². The summed E-state index contributed by atoms with van der Waals surface area (Å²) in [5.74, 6) is -1.08. The van der Waals surface area contributed by atoms with Crippen molar-refractivity contribution in [2.45, 2.75) is 37.9 Å². The van der Waals surface area contributed by atoms with Gasteiger partial charge in [0.05, 0.1) is 0 Å². The summed E-state index contributed by atoms with van der Waals surface area (Å²) in [5, 5.41) is 0.684. The van der Waals surface area contributed by atoms with Crippen LogP contribution in [-0.4, -0.2) is 43.3 Å². The molecule has 0 spiro atoms. The van der Waals surface area contributed by atoms with Gasteiger partial charge in [-0.05, 0) is 0 Å². The summed E-state index contributed by atoms with van der Waals surface area (Å²) in [6, 6.07) is 7.57. The Morgan fingerprint density at radius 3 is 2.28 bits per heavy atom. The molecular weight excluding hydrogens is 405 g/mol. The Morgan fingerprint density at radius 2 is 1.68 bits per heavy atom. The van der Waals surface area contributed by atoms with Crippen molar-refractivity contribution in [3.8, 4) is 10.1 Å². The van der Waals surface area contributed by atoms with Crippen LogP contribution in [0.2, 0.25) is 5.02 Å². The molecular formula is C19H16ClNO3Se. The van der Waals surface area contributed by atoms with Crippen LogP contribution in [0.15, 0.2) is 24.3 Å². The van der Waals surface area contributed by atoms with Crippen LogP contribution in [0.4, 0.5) is 0 Å². The number of halogens is 1. The van der Waals surface area contributed by atoms with Gasteiger partial charge in [-0.15, -0.1) is 0 Å². The van der Waals surface area contributed by atoms with Crippen molar-refractivity contribution in [3.63, 3.8) is 0 Å². The van der Waals surface area contributed by atoms with Crippen LogP contribution in [0.25, 0.3) is 10.1 Å². The molecule has 4 nitrogen and oxygen atoms in total. The molecule has 25 heavy (non-hydrogen) atoms. The minimum absolute atomic E-state index is 0.0356. The Balaban J connectivity index is 1.53. The van der Waals surface area contributed by atoms with E-state index in [0.717, 1.165) is 27.4 Å². The zero-order valence-corrected chi connectivity index (χ0v) is 16.0. The molecule has 1 saturated carbocycles. The third kappa shape index (κ3) is 2.26. The van der Waals surface area contributed by atoms with E-state index in [-0.39, 0.29) is 50.1 Å². The number of nitrogens with zero attached hydrogens (tertiary/aromatic N) is 1. The summed E-state index contributed by atoms with van der Waals surface area (Å²) >= 11 is 6.00. The van der Waals surface area contributed by atoms with Crippen molar-refractivity contribution in [2.24, 2.45) is 11.8 Å². The van der Waals surface area contributed by atoms with Crippen LogP contribution >= 0.6 is 11.6 Å². The second kappa shape index (κ2) is 5.62. The predicted octanol–water partition coefficient (Wildman–Crippen LogP) is 2.80. The number of hydrogen-bond donors (Lipinski definition) is 0. The van der Waals surface area contributed by atoms with Gasteiger partial charge in [0.2, 0.25) is 0 Å². The topological polar surface area (TPSA) is 56.3 Å². The quantitative estimate of drug-likeness (QED) is 0.554. The molecule has 0 amide bonds. The first kappa shape index (κ1) is 16.0. The first-order valence-corrected chi connectivity index (χ1v) is 10.6. The molecule has 2 aliphatic heterocycles. The maximum absolute atomic E-state index is 13.0. The molecule has 3 unspecified atom stereocenters. The Hall–Kier alpha value is -1.26. The van der Waals surface area contributed by atoms with Crippen LogP contribution in [0.1, 0.15) is 28.9 Å². The number of benzene rings is 1. The van der Waals surface area contributed by atoms with Gasteiger partial charge in [0.25, 0.3) is 0 Å². The van der Waals surface area contributed by atoms with Gasteiger partial charge in [0.1, 0.15) is 0 Å². The fourth-order valence-electron chi connectivity index (χ4n) is 4.59. The van der Waals surface area contributed by atoms with Crippen molar-refractivity contribution in [1.82, 2.24) is 4.98 Å². The normalized spacial score (nSPS) is 33.3. The van der Waals surface area contributed by atoms with Gasteiger partial charge >= 0.3 is 156 Å². The van der Waals surface area contributed by atoms with Gasteiger partial charge < -0.3 is 0 Å². The Bertz CT molecular complexity index is 863. The average molecular weight is 421 g/mol. The molecule has 5 rings (SSSR count). The van der Waals surface area contributed by atoms with E-state index in [0.29, 0.717) is 10.7 Å². The van der Waals surface area contributed by atoms with Crippen molar-refractivity contribution < 1.29 is 14.3 Å². The monoisotopic (exact) mass is 421 g/mol. The second-order valence-corrected chi connectivity index (χ2v) is 10.0. The summed E-state index contributed by atoms with van der Waals surface area (Å²) < 4.78 is 7.86.